The largest absolute Gasteiger partial charge is 0.390 e. The number of thiophene rings is 1. The molecule has 0 atom stereocenters. The predicted molar refractivity (Wildman–Crippen MR) is 62.9 cm³/mol. The molecular weight excluding hydrogens is 192 g/mol. The van der Waals surface area contributed by atoms with E-state index in [1.54, 1.807) is 11.3 Å². The van der Waals surface area contributed by atoms with E-state index in [1.165, 1.54) is 4.88 Å². The van der Waals surface area contributed by atoms with E-state index in [9.17, 15) is 5.11 Å². The molecule has 1 aromatic rings. The molecule has 1 heterocycles. The Kier molecular flexibility index (Phi) is 3.38. The molecule has 2 heteroatoms. The normalized spacial score (nSPS) is 13.2. The van der Waals surface area contributed by atoms with Gasteiger partial charge in [0.15, 0.2) is 0 Å². The first-order chi connectivity index (χ1) is 6.31. The van der Waals surface area contributed by atoms with Crippen molar-refractivity contribution in [2.24, 2.45) is 0 Å². The fourth-order valence-corrected chi connectivity index (χ4v) is 2.29. The highest BCUT2D eigenvalue weighted by molar-refractivity contribution is 7.10. The summed E-state index contributed by atoms with van der Waals surface area (Å²) in [5, 5.41) is 11.8. The highest BCUT2D eigenvalue weighted by Crippen LogP contribution is 2.33. The van der Waals surface area contributed by atoms with Crippen LogP contribution in [-0.4, -0.2) is 10.7 Å². The summed E-state index contributed by atoms with van der Waals surface area (Å²) in [7, 11) is 0. The second-order valence-corrected chi connectivity index (χ2v) is 6.12. The summed E-state index contributed by atoms with van der Waals surface area (Å²) in [6, 6.07) is 4.26. The maximum Gasteiger partial charge on any atom is 0.0592 e. The van der Waals surface area contributed by atoms with Crippen LogP contribution in [0, 0.1) is 0 Å². The smallest absolute Gasteiger partial charge is 0.0592 e. The molecule has 14 heavy (non-hydrogen) atoms. The van der Waals surface area contributed by atoms with E-state index in [0.717, 1.165) is 12.8 Å². The number of hydrogen-bond donors (Lipinski definition) is 1. The van der Waals surface area contributed by atoms with Gasteiger partial charge in [-0.1, -0.05) is 19.9 Å². The van der Waals surface area contributed by atoms with Crippen molar-refractivity contribution in [2.45, 2.75) is 51.6 Å². The van der Waals surface area contributed by atoms with E-state index in [2.05, 4.69) is 31.4 Å². The molecule has 1 aromatic heterocycles. The molecule has 0 spiro atoms. The van der Waals surface area contributed by atoms with Crippen molar-refractivity contribution in [3.63, 3.8) is 0 Å². The molecule has 0 amide bonds. The van der Waals surface area contributed by atoms with Gasteiger partial charge in [0.2, 0.25) is 0 Å². The van der Waals surface area contributed by atoms with Gasteiger partial charge in [-0.05, 0) is 43.6 Å². The molecule has 1 rings (SSSR count). The van der Waals surface area contributed by atoms with Gasteiger partial charge < -0.3 is 5.11 Å². The Hall–Kier alpha value is -0.340. The van der Waals surface area contributed by atoms with Crippen LogP contribution in [0.25, 0.3) is 0 Å². The van der Waals surface area contributed by atoms with E-state index in [4.69, 9.17) is 0 Å². The van der Waals surface area contributed by atoms with E-state index in [-0.39, 0.29) is 5.41 Å². The van der Waals surface area contributed by atoms with E-state index < -0.39 is 5.60 Å². The molecule has 1 nitrogen and oxygen atoms in total. The molecular formula is C12H20OS. The Morgan fingerprint density at radius 2 is 1.86 bits per heavy atom. The Bertz CT molecular complexity index is 267. The zero-order chi connectivity index (χ0) is 10.8. The summed E-state index contributed by atoms with van der Waals surface area (Å²) >= 11 is 1.80. The van der Waals surface area contributed by atoms with Gasteiger partial charge >= 0.3 is 0 Å². The third kappa shape index (κ3) is 3.43. The standard InChI is InChI=1S/C12H20OS/c1-11(2,7-8-12(3,4)13)10-6-5-9-14-10/h5-6,9,13H,7-8H2,1-4H3. The topological polar surface area (TPSA) is 20.2 Å². The van der Waals surface area contributed by atoms with Crippen molar-refractivity contribution in [1.29, 1.82) is 0 Å². The van der Waals surface area contributed by atoms with Crippen LogP contribution in [0.5, 0.6) is 0 Å². The lowest BCUT2D eigenvalue weighted by atomic mass is 9.83. The summed E-state index contributed by atoms with van der Waals surface area (Å²) in [6.45, 7) is 8.23. The van der Waals surface area contributed by atoms with Crippen molar-refractivity contribution in [1.82, 2.24) is 0 Å². The molecule has 0 unspecified atom stereocenters. The van der Waals surface area contributed by atoms with Crippen LogP contribution in [0.2, 0.25) is 0 Å². The van der Waals surface area contributed by atoms with Gasteiger partial charge in [0.25, 0.3) is 0 Å². The molecule has 1 N–H and O–H groups in total. The fraction of sp³-hybridized carbons (Fsp3) is 0.667. The molecule has 0 saturated carbocycles. The Morgan fingerprint density at radius 3 is 2.29 bits per heavy atom. The Labute approximate surface area is 90.8 Å². The molecule has 0 radical (unpaired) electrons. The third-order valence-electron chi connectivity index (χ3n) is 2.55. The van der Waals surface area contributed by atoms with Crippen molar-refractivity contribution < 1.29 is 5.11 Å². The van der Waals surface area contributed by atoms with E-state index in [0.29, 0.717) is 0 Å². The Balaban J connectivity index is 2.59. The van der Waals surface area contributed by atoms with Gasteiger partial charge in [0.05, 0.1) is 5.60 Å². The average molecular weight is 212 g/mol. The molecule has 0 aliphatic rings. The molecule has 0 aliphatic heterocycles. The third-order valence-corrected chi connectivity index (χ3v) is 3.79. The van der Waals surface area contributed by atoms with Crippen molar-refractivity contribution in [3.8, 4) is 0 Å². The van der Waals surface area contributed by atoms with Gasteiger partial charge in [-0.15, -0.1) is 11.3 Å². The van der Waals surface area contributed by atoms with Gasteiger partial charge in [-0.2, -0.15) is 0 Å². The SMILES string of the molecule is CC(C)(O)CCC(C)(C)c1cccs1. The minimum absolute atomic E-state index is 0.189. The van der Waals surface area contributed by atoms with Gasteiger partial charge in [0.1, 0.15) is 0 Å². The maximum atomic E-state index is 9.68. The zero-order valence-corrected chi connectivity index (χ0v) is 10.3. The van der Waals surface area contributed by atoms with Crippen LogP contribution in [0.1, 0.15) is 45.4 Å². The molecule has 0 bridgehead atoms. The first-order valence-electron chi connectivity index (χ1n) is 5.08. The fourth-order valence-electron chi connectivity index (χ4n) is 1.41. The summed E-state index contributed by atoms with van der Waals surface area (Å²) in [5.41, 5.74) is -0.358. The van der Waals surface area contributed by atoms with Crippen LogP contribution >= 0.6 is 11.3 Å². The van der Waals surface area contributed by atoms with Crippen LogP contribution in [0.15, 0.2) is 17.5 Å². The van der Waals surface area contributed by atoms with Crippen LogP contribution in [0.4, 0.5) is 0 Å². The lowest BCUT2D eigenvalue weighted by Crippen LogP contribution is -2.24. The van der Waals surface area contributed by atoms with Crippen molar-refractivity contribution >= 4 is 11.3 Å². The molecule has 80 valence electrons. The lowest BCUT2D eigenvalue weighted by molar-refractivity contribution is 0.0628. The van der Waals surface area contributed by atoms with Gasteiger partial charge in [-0.25, -0.2) is 0 Å². The first-order valence-corrected chi connectivity index (χ1v) is 5.96. The van der Waals surface area contributed by atoms with Crippen molar-refractivity contribution in [3.05, 3.63) is 22.4 Å². The second kappa shape index (κ2) is 4.03. The Morgan fingerprint density at radius 1 is 1.21 bits per heavy atom. The highest BCUT2D eigenvalue weighted by atomic mass is 32.1. The summed E-state index contributed by atoms with van der Waals surface area (Å²) < 4.78 is 0. The van der Waals surface area contributed by atoms with E-state index in [1.807, 2.05) is 13.8 Å². The van der Waals surface area contributed by atoms with Crippen LogP contribution < -0.4 is 0 Å². The molecule has 0 saturated heterocycles. The summed E-state index contributed by atoms with van der Waals surface area (Å²) in [5.74, 6) is 0. The maximum absolute atomic E-state index is 9.68. The molecule has 0 aliphatic carbocycles. The monoisotopic (exact) mass is 212 g/mol. The van der Waals surface area contributed by atoms with Crippen LogP contribution in [0.3, 0.4) is 0 Å². The second-order valence-electron chi connectivity index (χ2n) is 5.17. The minimum atomic E-state index is -0.547. The summed E-state index contributed by atoms with van der Waals surface area (Å²) in [6.07, 6.45) is 1.87. The van der Waals surface area contributed by atoms with Crippen molar-refractivity contribution in [2.75, 3.05) is 0 Å². The molecule has 0 aromatic carbocycles. The number of hydrogen-bond acceptors (Lipinski definition) is 2. The average Bonchev–Trinajstić information content (AvgIpc) is 2.52. The van der Waals surface area contributed by atoms with Crippen LogP contribution in [-0.2, 0) is 5.41 Å². The minimum Gasteiger partial charge on any atom is -0.390 e. The lowest BCUT2D eigenvalue weighted by Gasteiger charge is -2.27. The highest BCUT2D eigenvalue weighted by Gasteiger charge is 2.24. The summed E-state index contributed by atoms with van der Waals surface area (Å²) in [4.78, 5) is 1.40. The zero-order valence-electron chi connectivity index (χ0n) is 9.50. The van der Waals surface area contributed by atoms with E-state index >= 15 is 0 Å². The van der Waals surface area contributed by atoms with Gasteiger partial charge in [0, 0.05) is 4.88 Å². The number of rotatable bonds is 4. The van der Waals surface area contributed by atoms with Gasteiger partial charge in [-0.3, -0.25) is 0 Å². The quantitative estimate of drug-likeness (QED) is 0.809. The number of aliphatic hydroxyl groups is 1. The predicted octanol–water partition coefficient (Wildman–Crippen LogP) is 3.58. The molecule has 0 fully saturated rings. The first kappa shape index (κ1) is 11.7.